The van der Waals surface area contributed by atoms with Crippen molar-refractivity contribution in [3.63, 3.8) is 0 Å². The van der Waals surface area contributed by atoms with Crippen molar-refractivity contribution in [2.24, 2.45) is 0 Å². The van der Waals surface area contributed by atoms with Crippen molar-refractivity contribution in [1.82, 2.24) is 10.6 Å². The highest BCUT2D eigenvalue weighted by molar-refractivity contribution is 4.69. The molecule has 0 spiro atoms. The van der Waals surface area contributed by atoms with Gasteiger partial charge in [-0.1, -0.05) is 13.3 Å². The van der Waals surface area contributed by atoms with Crippen LogP contribution in [-0.4, -0.2) is 32.0 Å². The van der Waals surface area contributed by atoms with Gasteiger partial charge in [0.15, 0.2) is 0 Å². The third-order valence-corrected chi connectivity index (χ3v) is 2.12. The first-order chi connectivity index (χ1) is 5.83. The van der Waals surface area contributed by atoms with E-state index < -0.39 is 0 Å². The highest BCUT2D eigenvalue weighted by atomic mass is 16.5. The molecule has 0 aromatic heterocycles. The molecule has 1 rings (SSSR count). The van der Waals surface area contributed by atoms with Crippen LogP contribution in [0.15, 0.2) is 0 Å². The molecule has 1 aliphatic heterocycles. The highest BCUT2D eigenvalue weighted by Gasteiger charge is 2.14. The average Bonchev–Trinajstić information content (AvgIpc) is 2.06. The summed E-state index contributed by atoms with van der Waals surface area (Å²) in [6, 6.07) is 0.569. The summed E-state index contributed by atoms with van der Waals surface area (Å²) in [7, 11) is 0. The summed E-state index contributed by atoms with van der Waals surface area (Å²) in [5.41, 5.74) is 0. The maximum absolute atomic E-state index is 5.52. The van der Waals surface area contributed by atoms with Crippen LogP contribution in [0, 0.1) is 0 Å². The summed E-state index contributed by atoms with van der Waals surface area (Å²) in [6.45, 7) is 7.17. The Hall–Kier alpha value is -0.120. The fourth-order valence-corrected chi connectivity index (χ4v) is 1.51. The lowest BCUT2D eigenvalue weighted by molar-refractivity contribution is 0.000259. The minimum atomic E-state index is 0.222. The molecule has 3 nitrogen and oxygen atoms in total. The number of morpholine rings is 1. The number of hydrogen-bond acceptors (Lipinski definition) is 3. The van der Waals surface area contributed by atoms with Gasteiger partial charge in [0.25, 0.3) is 0 Å². The molecule has 2 atom stereocenters. The second-order valence-corrected chi connectivity index (χ2v) is 3.42. The average molecular weight is 172 g/mol. The third kappa shape index (κ3) is 3.52. The molecule has 1 fully saturated rings. The van der Waals surface area contributed by atoms with Crippen LogP contribution >= 0.6 is 0 Å². The second-order valence-electron chi connectivity index (χ2n) is 3.42. The summed E-state index contributed by atoms with van der Waals surface area (Å²) in [6.07, 6.45) is 2.68. The van der Waals surface area contributed by atoms with E-state index in [1.165, 1.54) is 12.8 Å². The Kier molecular flexibility index (Phi) is 4.58. The Labute approximate surface area is 74.9 Å². The zero-order valence-corrected chi connectivity index (χ0v) is 8.10. The lowest BCUT2D eigenvalue weighted by Crippen LogP contribution is -2.49. The monoisotopic (exact) mass is 172 g/mol. The molecule has 1 saturated heterocycles. The molecule has 0 amide bonds. The van der Waals surface area contributed by atoms with Gasteiger partial charge < -0.3 is 10.1 Å². The Morgan fingerprint density at radius 2 is 2.50 bits per heavy atom. The largest absolute Gasteiger partial charge is 0.361 e. The van der Waals surface area contributed by atoms with Gasteiger partial charge in [-0.2, -0.15) is 0 Å². The summed E-state index contributed by atoms with van der Waals surface area (Å²) in [5.74, 6) is 0. The maximum Gasteiger partial charge on any atom is 0.120 e. The van der Waals surface area contributed by atoms with Gasteiger partial charge >= 0.3 is 0 Å². The zero-order valence-electron chi connectivity index (χ0n) is 8.10. The molecule has 0 saturated carbocycles. The molecule has 1 aliphatic rings. The molecule has 12 heavy (non-hydrogen) atoms. The van der Waals surface area contributed by atoms with E-state index in [1.54, 1.807) is 0 Å². The van der Waals surface area contributed by atoms with E-state index in [4.69, 9.17) is 4.74 Å². The van der Waals surface area contributed by atoms with Gasteiger partial charge in [0.1, 0.15) is 6.23 Å². The molecule has 0 aromatic rings. The molecule has 2 N–H and O–H groups in total. The Bertz CT molecular complexity index is 113. The lowest BCUT2D eigenvalue weighted by Gasteiger charge is -2.27. The smallest absolute Gasteiger partial charge is 0.120 e. The predicted octanol–water partition coefficient (Wildman–Crippen LogP) is 0.710. The normalized spacial score (nSPS) is 27.0. The molecule has 3 heteroatoms. The van der Waals surface area contributed by atoms with Crippen LogP contribution < -0.4 is 10.6 Å². The van der Waals surface area contributed by atoms with Crippen molar-refractivity contribution in [3.8, 4) is 0 Å². The van der Waals surface area contributed by atoms with Crippen LogP contribution in [-0.2, 0) is 4.74 Å². The first-order valence-electron chi connectivity index (χ1n) is 4.91. The van der Waals surface area contributed by atoms with Gasteiger partial charge in [-0.15, -0.1) is 0 Å². The van der Waals surface area contributed by atoms with Gasteiger partial charge in [0.2, 0.25) is 0 Å². The van der Waals surface area contributed by atoms with Gasteiger partial charge in [0.05, 0.1) is 6.61 Å². The van der Waals surface area contributed by atoms with E-state index in [9.17, 15) is 0 Å². The summed E-state index contributed by atoms with van der Waals surface area (Å²) < 4.78 is 5.52. The fourth-order valence-electron chi connectivity index (χ4n) is 1.51. The topological polar surface area (TPSA) is 33.3 Å². The molecule has 2 unspecified atom stereocenters. The number of rotatable bonds is 4. The quantitative estimate of drug-likeness (QED) is 0.655. The lowest BCUT2D eigenvalue weighted by atomic mass is 10.2. The Balaban J connectivity index is 2.11. The van der Waals surface area contributed by atoms with Crippen LogP contribution in [0.25, 0.3) is 0 Å². The molecule has 0 bridgehead atoms. The Morgan fingerprint density at radius 1 is 1.67 bits per heavy atom. The molecular formula is C9H20N2O. The zero-order chi connectivity index (χ0) is 8.81. The van der Waals surface area contributed by atoms with E-state index in [1.807, 2.05) is 0 Å². The van der Waals surface area contributed by atoms with E-state index >= 15 is 0 Å². The predicted molar refractivity (Wildman–Crippen MR) is 50.1 cm³/mol. The van der Waals surface area contributed by atoms with Gasteiger partial charge in [-0.25, -0.2) is 0 Å². The van der Waals surface area contributed by atoms with Crippen molar-refractivity contribution in [2.45, 2.75) is 39.0 Å². The van der Waals surface area contributed by atoms with Crippen LogP contribution in [0.2, 0.25) is 0 Å². The second kappa shape index (κ2) is 5.51. The van der Waals surface area contributed by atoms with Crippen molar-refractivity contribution < 1.29 is 4.74 Å². The number of nitrogens with one attached hydrogen (secondary N) is 2. The fraction of sp³-hybridized carbons (Fsp3) is 1.00. The van der Waals surface area contributed by atoms with Crippen LogP contribution in [0.5, 0.6) is 0 Å². The van der Waals surface area contributed by atoms with E-state index in [0.29, 0.717) is 6.04 Å². The van der Waals surface area contributed by atoms with Crippen LogP contribution in [0.3, 0.4) is 0 Å². The van der Waals surface area contributed by atoms with Gasteiger partial charge in [-0.05, 0) is 13.3 Å². The van der Waals surface area contributed by atoms with E-state index in [-0.39, 0.29) is 6.23 Å². The SMILES string of the molecule is CCCC(C)NC1CNCCO1. The number of hydrogen-bond donors (Lipinski definition) is 2. The minimum Gasteiger partial charge on any atom is -0.361 e. The number of ether oxygens (including phenoxy) is 1. The van der Waals surface area contributed by atoms with Crippen molar-refractivity contribution in [3.05, 3.63) is 0 Å². The van der Waals surface area contributed by atoms with Crippen molar-refractivity contribution in [1.29, 1.82) is 0 Å². The van der Waals surface area contributed by atoms with Gasteiger partial charge in [-0.3, -0.25) is 5.32 Å². The summed E-state index contributed by atoms with van der Waals surface area (Å²) in [5, 5.41) is 6.73. The molecule has 0 aliphatic carbocycles. The summed E-state index contributed by atoms with van der Waals surface area (Å²) >= 11 is 0. The van der Waals surface area contributed by atoms with Crippen LogP contribution in [0.1, 0.15) is 26.7 Å². The molecular weight excluding hydrogens is 152 g/mol. The molecule has 1 heterocycles. The standard InChI is InChI=1S/C9H20N2O/c1-3-4-8(2)11-9-7-10-5-6-12-9/h8-11H,3-7H2,1-2H3. The summed E-state index contributed by atoms with van der Waals surface area (Å²) in [4.78, 5) is 0. The first-order valence-corrected chi connectivity index (χ1v) is 4.91. The Morgan fingerprint density at radius 3 is 3.08 bits per heavy atom. The molecule has 72 valence electrons. The highest BCUT2D eigenvalue weighted by Crippen LogP contribution is 1.99. The van der Waals surface area contributed by atoms with Crippen LogP contribution in [0.4, 0.5) is 0 Å². The van der Waals surface area contributed by atoms with Gasteiger partial charge in [0, 0.05) is 19.1 Å². The van der Waals surface area contributed by atoms with E-state index in [0.717, 1.165) is 19.7 Å². The maximum atomic E-state index is 5.52. The van der Waals surface area contributed by atoms with E-state index in [2.05, 4.69) is 24.5 Å². The third-order valence-electron chi connectivity index (χ3n) is 2.12. The molecule has 0 aromatic carbocycles. The minimum absolute atomic E-state index is 0.222. The van der Waals surface area contributed by atoms with Crippen molar-refractivity contribution >= 4 is 0 Å². The molecule has 0 radical (unpaired) electrons. The first kappa shape index (κ1) is 9.96. The van der Waals surface area contributed by atoms with Crippen molar-refractivity contribution in [2.75, 3.05) is 19.7 Å².